The van der Waals surface area contributed by atoms with Crippen molar-refractivity contribution in [3.63, 3.8) is 0 Å². The van der Waals surface area contributed by atoms with E-state index in [9.17, 15) is 4.79 Å². The van der Waals surface area contributed by atoms with Crippen LogP contribution in [0.4, 0.5) is 0 Å². The first-order valence-electron chi connectivity index (χ1n) is 4.67. The van der Waals surface area contributed by atoms with Gasteiger partial charge in [-0.3, -0.25) is 4.79 Å². The molecule has 0 saturated heterocycles. The van der Waals surface area contributed by atoms with Gasteiger partial charge in [-0.1, -0.05) is 28.1 Å². The highest BCUT2D eigenvalue weighted by Gasteiger charge is 2.37. The molecule has 1 atom stereocenters. The van der Waals surface area contributed by atoms with E-state index >= 15 is 0 Å². The minimum Gasteiger partial charge on any atom is -0.481 e. The summed E-state index contributed by atoms with van der Waals surface area (Å²) in [5.74, 6) is -0.647. The quantitative estimate of drug-likeness (QED) is 0.901. The summed E-state index contributed by atoms with van der Waals surface area (Å²) in [6.45, 7) is 0. The Hall–Kier alpha value is -0.830. The standard InChI is InChI=1S/C11H11BrO2/c12-9-5-3-8(4-6-9)10(11(13)14)7-1-2-7/h3-7,10H,1-2H2,(H,13,14). The number of benzene rings is 1. The monoisotopic (exact) mass is 254 g/mol. The third kappa shape index (κ3) is 1.98. The van der Waals surface area contributed by atoms with Crippen LogP contribution in [0.25, 0.3) is 0 Å². The van der Waals surface area contributed by atoms with Crippen molar-refractivity contribution >= 4 is 21.9 Å². The summed E-state index contributed by atoms with van der Waals surface area (Å²) >= 11 is 3.34. The van der Waals surface area contributed by atoms with Crippen LogP contribution in [0.2, 0.25) is 0 Å². The summed E-state index contributed by atoms with van der Waals surface area (Å²) in [6.07, 6.45) is 2.10. The molecular weight excluding hydrogens is 244 g/mol. The average molecular weight is 255 g/mol. The Morgan fingerprint density at radius 1 is 1.36 bits per heavy atom. The molecule has 1 fully saturated rings. The van der Waals surface area contributed by atoms with Gasteiger partial charge in [0.25, 0.3) is 0 Å². The van der Waals surface area contributed by atoms with Crippen molar-refractivity contribution in [3.05, 3.63) is 34.3 Å². The predicted molar refractivity (Wildman–Crippen MR) is 57.2 cm³/mol. The predicted octanol–water partition coefficient (Wildman–Crippen LogP) is 3.03. The minimum atomic E-state index is -0.699. The Morgan fingerprint density at radius 2 is 1.93 bits per heavy atom. The zero-order valence-electron chi connectivity index (χ0n) is 7.61. The van der Waals surface area contributed by atoms with Gasteiger partial charge in [0.05, 0.1) is 5.92 Å². The van der Waals surface area contributed by atoms with Crippen LogP contribution in [0.3, 0.4) is 0 Å². The van der Waals surface area contributed by atoms with E-state index in [-0.39, 0.29) is 5.92 Å². The lowest BCUT2D eigenvalue weighted by Crippen LogP contribution is -2.13. The van der Waals surface area contributed by atoms with Crippen molar-refractivity contribution in [3.8, 4) is 0 Å². The lowest BCUT2D eigenvalue weighted by Gasteiger charge is -2.11. The Morgan fingerprint density at radius 3 is 2.36 bits per heavy atom. The smallest absolute Gasteiger partial charge is 0.311 e. The summed E-state index contributed by atoms with van der Waals surface area (Å²) in [5.41, 5.74) is 0.920. The van der Waals surface area contributed by atoms with Gasteiger partial charge in [-0.05, 0) is 36.5 Å². The highest BCUT2D eigenvalue weighted by molar-refractivity contribution is 9.10. The molecular formula is C11H11BrO2. The molecule has 3 heteroatoms. The second kappa shape index (κ2) is 3.73. The van der Waals surface area contributed by atoms with Gasteiger partial charge in [0.2, 0.25) is 0 Å². The first-order valence-corrected chi connectivity index (χ1v) is 5.46. The van der Waals surface area contributed by atoms with Crippen molar-refractivity contribution < 1.29 is 9.90 Å². The molecule has 1 N–H and O–H groups in total. The van der Waals surface area contributed by atoms with Crippen LogP contribution in [0, 0.1) is 5.92 Å². The van der Waals surface area contributed by atoms with E-state index < -0.39 is 5.97 Å². The zero-order chi connectivity index (χ0) is 10.1. The van der Waals surface area contributed by atoms with Crippen molar-refractivity contribution in [2.24, 2.45) is 5.92 Å². The van der Waals surface area contributed by atoms with Gasteiger partial charge in [-0.15, -0.1) is 0 Å². The molecule has 2 nitrogen and oxygen atoms in total. The topological polar surface area (TPSA) is 37.3 Å². The van der Waals surface area contributed by atoms with Crippen molar-refractivity contribution in [2.75, 3.05) is 0 Å². The normalized spacial score (nSPS) is 17.8. The molecule has 0 heterocycles. The third-order valence-corrected chi connectivity index (χ3v) is 3.12. The van der Waals surface area contributed by atoms with E-state index in [0.29, 0.717) is 5.92 Å². The molecule has 14 heavy (non-hydrogen) atoms. The molecule has 1 aromatic carbocycles. The van der Waals surface area contributed by atoms with Gasteiger partial charge in [0.1, 0.15) is 0 Å². The number of hydrogen-bond donors (Lipinski definition) is 1. The lowest BCUT2D eigenvalue weighted by atomic mass is 9.94. The molecule has 0 amide bonds. The van der Waals surface area contributed by atoms with Gasteiger partial charge in [-0.25, -0.2) is 0 Å². The molecule has 1 aliphatic rings. The summed E-state index contributed by atoms with van der Waals surface area (Å²) in [5, 5.41) is 9.09. The molecule has 1 unspecified atom stereocenters. The summed E-state index contributed by atoms with van der Waals surface area (Å²) in [7, 11) is 0. The van der Waals surface area contributed by atoms with Gasteiger partial charge in [-0.2, -0.15) is 0 Å². The molecule has 0 aromatic heterocycles. The van der Waals surface area contributed by atoms with Crippen LogP contribution in [-0.4, -0.2) is 11.1 Å². The highest BCUT2D eigenvalue weighted by atomic mass is 79.9. The maximum Gasteiger partial charge on any atom is 0.311 e. The maximum atomic E-state index is 11.1. The molecule has 74 valence electrons. The molecule has 0 bridgehead atoms. The molecule has 2 rings (SSSR count). The second-order valence-electron chi connectivity index (χ2n) is 3.70. The fourth-order valence-electron chi connectivity index (χ4n) is 1.72. The van der Waals surface area contributed by atoms with E-state index in [1.807, 2.05) is 24.3 Å². The zero-order valence-corrected chi connectivity index (χ0v) is 9.20. The first-order chi connectivity index (χ1) is 6.68. The average Bonchev–Trinajstić information content (AvgIpc) is 2.92. The number of hydrogen-bond acceptors (Lipinski definition) is 1. The van der Waals surface area contributed by atoms with Crippen LogP contribution in [0.1, 0.15) is 24.3 Å². The third-order valence-electron chi connectivity index (χ3n) is 2.59. The summed E-state index contributed by atoms with van der Waals surface area (Å²) in [6, 6.07) is 7.57. The minimum absolute atomic E-state index is 0.303. The Bertz CT molecular complexity index is 341. The van der Waals surface area contributed by atoms with Crippen LogP contribution >= 0.6 is 15.9 Å². The molecule has 0 radical (unpaired) electrons. The van der Waals surface area contributed by atoms with E-state index in [1.54, 1.807) is 0 Å². The van der Waals surface area contributed by atoms with E-state index in [1.165, 1.54) is 0 Å². The Kier molecular flexibility index (Phi) is 2.59. The molecule has 0 spiro atoms. The Balaban J connectivity index is 2.26. The largest absolute Gasteiger partial charge is 0.481 e. The molecule has 1 aliphatic carbocycles. The lowest BCUT2D eigenvalue weighted by molar-refractivity contribution is -0.139. The van der Waals surface area contributed by atoms with Crippen LogP contribution in [0.15, 0.2) is 28.7 Å². The van der Waals surface area contributed by atoms with E-state index in [2.05, 4.69) is 15.9 Å². The van der Waals surface area contributed by atoms with Crippen LogP contribution < -0.4 is 0 Å². The number of rotatable bonds is 3. The summed E-state index contributed by atoms with van der Waals surface area (Å²) < 4.78 is 0.987. The molecule has 1 saturated carbocycles. The first kappa shape index (κ1) is 9.71. The van der Waals surface area contributed by atoms with Crippen LogP contribution in [0.5, 0.6) is 0 Å². The SMILES string of the molecule is O=C(O)C(c1ccc(Br)cc1)C1CC1. The summed E-state index contributed by atoms with van der Waals surface area (Å²) in [4.78, 5) is 11.1. The van der Waals surface area contributed by atoms with Crippen molar-refractivity contribution in [2.45, 2.75) is 18.8 Å². The van der Waals surface area contributed by atoms with Crippen LogP contribution in [-0.2, 0) is 4.79 Å². The number of halogens is 1. The van der Waals surface area contributed by atoms with Gasteiger partial charge < -0.3 is 5.11 Å². The fourth-order valence-corrected chi connectivity index (χ4v) is 1.98. The number of carboxylic acid groups (broad SMARTS) is 1. The van der Waals surface area contributed by atoms with E-state index in [0.717, 1.165) is 22.9 Å². The van der Waals surface area contributed by atoms with Gasteiger partial charge in [0, 0.05) is 4.47 Å². The Labute approximate surface area is 91.1 Å². The number of aliphatic carboxylic acids is 1. The number of carboxylic acids is 1. The van der Waals surface area contributed by atoms with Crippen molar-refractivity contribution in [1.29, 1.82) is 0 Å². The second-order valence-corrected chi connectivity index (χ2v) is 4.62. The molecule has 1 aromatic rings. The van der Waals surface area contributed by atoms with E-state index in [4.69, 9.17) is 5.11 Å². The van der Waals surface area contributed by atoms with Gasteiger partial charge in [0.15, 0.2) is 0 Å². The van der Waals surface area contributed by atoms with Crippen molar-refractivity contribution in [1.82, 2.24) is 0 Å². The fraction of sp³-hybridized carbons (Fsp3) is 0.364. The van der Waals surface area contributed by atoms with Gasteiger partial charge >= 0.3 is 5.97 Å². The maximum absolute atomic E-state index is 11.1. The molecule has 0 aliphatic heterocycles. The highest BCUT2D eigenvalue weighted by Crippen LogP contribution is 2.42. The number of carbonyl (C=O) groups is 1.